The second-order valence-corrected chi connectivity index (χ2v) is 5.99. The van der Waals surface area contributed by atoms with Crippen molar-refractivity contribution in [2.24, 2.45) is 0 Å². The largest absolute Gasteiger partial charge is 0.497 e. The number of hydrogen-bond acceptors (Lipinski definition) is 7. The van der Waals surface area contributed by atoms with Crippen molar-refractivity contribution in [3.8, 4) is 23.0 Å². The van der Waals surface area contributed by atoms with E-state index in [-0.39, 0.29) is 11.5 Å². The molecule has 146 valence electrons. The molecule has 7 heteroatoms. The summed E-state index contributed by atoms with van der Waals surface area (Å²) < 4.78 is 26.4. The zero-order valence-electron chi connectivity index (χ0n) is 16.0. The zero-order chi connectivity index (χ0) is 20.3. The molecule has 0 unspecified atom stereocenters. The third-order valence-electron chi connectivity index (χ3n) is 4.21. The number of ether oxygens (including phenoxy) is 5. The average Bonchev–Trinajstić information content (AvgIpc) is 3.02. The van der Waals surface area contributed by atoms with Crippen molar-refractivity contribution in [3.05, 3.63) is 53.3 Å². The molecule has 1 aliphatic rings. The Kier molecular flexibility index (Phi) is 5.54. The molecule has 0 N–H and O–H groups in total. The van der Waals surface area contributed by atoms with E-state index in [4.69, 9.17) is 18.9 Å². The van der Waals surface area contributed by atoms with Crippen molar-refractivity contribution in [2.45, 2.75) is 13.0 Å². The van der Waals surface area contributed by atoms with E-state index in [9.17, 15) is 9.59 Å². The Balaban J connectivity index is 1.85. The van der Waals surface area contributed by atoms with Crippen LogP contribution in [0.3, 0.4) is 0 Å². The maximum atomic E-state index is 12.6. The van der Waals surface area contributed by atoms with E-state index in [1.807, 2.05) is 0 Å². The van der Waals surface area contributed by atoms with Crippen molar-refractivity contribution in [3.63, 3.8) is 0 Å². The van der Waals surface area contributed by atoms with Gasteiger partial charge in [-0.1, -0.05) is 0 Å². The van der Waals surface area contributed by atoms with Crippen LogP contribution < -0.4 is 18.9 Å². The maximum Gasteiger partial charge on any atom is 0.346 e. The zero-order valence-corrected chi connectivity index (χ0v) is 16.0. The van der Waals surface area contributed by atoms with Gasteiger partial charge in [-0.15, -0.1) is 0 Å². The number of carbonyl (C=O) groups excluding carboxylic acids is 2. The van der Waals surface area contributed by atoms with Crippen molar-refractivity contribution in [2.75, 3.05) is 21.3 Å². The normalized spacial score (nSPS) is 14.9. The van der Waals surface area contributed by atoms with Crippen LogP contribution in [0.25, 0.3) is 6.08 Å². The highest BCUT2D eigenvalue weighted by molar-refractivity contribution is 6.14. The fourth-order valence-corrected chi connectivity index (χ4v) is 2.74. The molecule has 0 saturated heterocycles. The molecule has 0 amide bonds. The molecule has 3 rings (SSSR count). The lowest BCUT2D eigenvalue weighted by molar-refractivity contribution is -0.147. The summed E-state index contributed by atoms with van der Waals surface area (Å²) in [6.45, 7) is 1.58. The third kappa shape index (κ3) is 3.78. The summed E-state index contributed by atoms with van der Waals surface area (Å²) in [5.41, 5.74) is 1.09. The Morgan fingerprint density at radius 2 is 1.79 bits per heavy atom. The highest BCUT2D eigenvalue weighted by Gasteiger charge is 2.28. The van der Waals surface area contributed by atoms with Crippen LogP contribution in [0.2, 0.25) is 0 Å². The van der Waals surface area contributed by atoms with Gasteiger partial charge in [0.25, 0.3) is 0 Å². The Morgan fingerprint density at radius 1 is 1.04 bits per heavy atom. The van der Waals surface area contributed by atoms with E-state index < -0.39 is 12.1 Å². The lowest BCUT2D eigenvalue weighted by Gasteiger charge is -2.12. The number of fused-ring (bicyclic) bond motifs is 1. The topological polar surface area (TPSA) is 80.3 Å². The molecule has 2 aromatic rings. The predicted octanol–water partition coefficient (Wildman–Crippen LogP) is 3.26. The first kappa shape index (κ1) is 19.3. The summed E-state index contributed by atoms with van der Waals surface area (Å²) >= 11 is 0. The van der Waals surface area contributed by atoms with Gasteiger partial charge in [-0.05, 0) is 37.3 Å². The van der Waals surface area contributed by atoms with Gasteiger partial charge < -0.3 is 23.7 Å². The molecule has 28 heavy (non-hydrogen) atoms. The molecule has 1 aliphatic heterocycles. The molecule has 0 saturated carbocycles. The van der Waals surface area contributed by atoms with E-state index in [1.54, 1.807) is 56.5 Å². The van der Waals surface area contributed by atoms with Crippen molar-refractivity contribution in [1.82, 2.24) is 0 Å². The quantitative estimate of drug-likeness (QED) is 0.559. The van der Waals surface area contributed by atoms with Crippen molar-refractivity contribution < 1.29 is 33.3 Å². The Bertz CT molecular complexity index is 946. The first-order valence-corrected chi connectivity index (χ1v) is 8.51. The number of rotatable bonds is 6. The summed E-state index contributed by atoms with van der Waals surface area (Å²) in [4.78, 5) is 24.1. The minimum absolute atomic E-state index is 0.164. The van der Waals surface area contributed by atoms with Gasteiger partial charge in [0, 0.05) is 17.7 Å². The number of hydrogen-bond donors (Lipinski definition) is 0. The van der Waals surface area contributed by atoms with E-state index in [0.29, 0.717) is 34.1 Å². The molecule has 2 aromatic carbocycles. The molecule has 0 aromatic heterocycles. The smallest absolute Gasteiger partial charge is 0.346 e. The van der Waals surface area contributed by atoms with Gasteiger partial charge in [-0.25, -0.2) is 4.79 Å². The van der Waals surface area contributed by atoms with Gasteiger partial charge in [0.05, 0.1) is 26.9 Å². The van der Waals surface area contributed by atoms with Crippen LogP contribution in [0.5, 0.6) is 23.0 Å². The minimum atomic E-state index is -0.779. The van der Waals surface area contributed by atoms with E-state index in [1.165, 1.54) is 14.2 Å². The Morgan fingerprint density at radius 3 is 2.46 bits per heavy atom. The lowest BCUT2D eigenvalue weighted by Crippen LogP contribution is -2.24. The first-order valence-electron chi connectivity index (χ1n) is 8.51. The van der Waals surface area contributed by atoms with Crippen LogP contribution in [-0.2, 0) is 9.53 Å². The van der Waals surface area contributed by atoms with Crippen LogP contribution in [0.4, 0.5) is 0 Å². The standard InChI is InChI=1S/C21H20O7/c1-12(21(23)26-4)27-15-7-8-16-18(11-15)28-19(20(16)22)9-13-5-6-14(24-2)10-17(13)25-3/h5-12H,1-4H3/b19-9-/t12-/m1/s1. The van der Waals surface area contributed by atoms with Gasteiger partial charge >= 0.3 is 5.97 Å². The number of carbonyl (C=O) groups is 2. The SMILES string of the molecule is COC(=O)[C@@H](C)Oc1ccc2c(c1)O/C(=C\c1ccc(OC)cc1OC)C2=O. The van der Waals surface area contributed by atoms with Gasteiger partial charge in [0.2, 0.25) is 5.78 Å². The highest BCUT2D eigenvalue weighted by Crippen LogP contribution is 2.36. The molecule has 1 atom stereocenters. The third-order valence-corrected chi connectivity index (χ3v) is 4.21. The number of esters is 1. The molecule has 0 aliphatic carbocycles. The second-order valence-electron chi connectivity index (χ2n) is 5.99. The van der Waals surface area contributed by atoms with E-state index in [0.717, 1.165) is 0 Å². The van der Waals surface area contributed by atoms with E-state index in [2.05, 4.69) is 4.74 Å². The van der Waals surface area contributed by atoms with Gasteiger partial charge in [0.1, 0.15) is 23.0 Å². The first-order chi connectivity index (χ1) is 13.5. The van der Waals surface area contributed by atoms with E-state index >= 15 is 0 Å². The number of allylic oxidation sites excluding steroid dienone is 1. The highest BCUT2D eigenvalue weighted by atomic mass is 16.6. The molecule has 0 radical (unpaired) electrons. The molecule has 0 bridgehead atoms. The van der Waals surface area contributed by atoms with Crippen LogP contribution in [0.15, 0.2) is 42.2 Å². The summed E-state index contributed by atoms with van der Waals surface area (Å²) in [5.74, 6) is 1.37. The van der Waals surface area contributed by atoms with Crippen molar-refractivity contribution in [1.29, 1.82) is 0 Å². The summed E-state index contributed by atoms with van der Waals surface area (Å²) in [6.07, 6.45) is 0.830. The molecule has 1 heterocycles. The lowest BCUT2D eigenvalue weighted by atomic mass is 10.1. The predicted molar refractivity (Wildman–Crippen MR) is 101 cm³/mol. The van der Waals surface area contributed by atoms with Gasteiger partial charge in [-0.3, -0.25) is 4.79 Å². The monoisotopic (exact) mass is 384 g/mol. The maximum absolute atomic E-state index is 12.6. The molecular formula is C21H20O7. The van der Waals surface area contributed by atoms with Gasteiger partial charge in [-0.2, -0.15) is 0 Å². The van der Waals surface area contributed by atoms with Crippen LogP contribution in [-0.4, -0.2) is 39.2 Å². The minimum Gasteiger partial charge on any atom is -0.497 e. The van der Waals surface area contributed by atoms with Crippen LogP contribution >= 0.6 is 0 Å². The Hall–Kier alpha value is -3.48. The van der Waals surface area contributed by atoms with Gasteiger partial charge in [0.15, 0.2) is 11.9 Å². The average molecular weight is 384 g/mol. The molecule has 0 fully saturated rings. The summed E-state index contributed by atoms with van der Waals surface area (Å²) in [7, 11) is 4.39. The number of Topliss-reactive ketones (excluding diaryl/α,β-unsaturated/α-hetero) is 1. The van der Waals surface area contributed by atoms with Crippen LogP contribution in [0, 0.1) is 0 Å². The summed E-state index contributed by atoms with van der Waals surface area (Å²) in [5, 5.41) is 0. The van der Waals surface area contributed by atoms with Crippen LogP contribution in [0.1, 0.15) is 22.8 Å². The fraction of sp³-hybridized carbons (Fsp3) is 0.238. The fourth-order valence-electron chi connectivity index (χ4n) is 2.74. The molecular weight excluding hydrogens is 364 g/mol. The number of methoxy groups -OCH3 is 3. The molecule has 0 spiro atoms. The summed E-state index contributed by atoms with van der Waals surface area (Å²) in [6, 6.07) is 10.0. The molecule has 7 nitrogen and oxygen atoms in total. The second kappa shape index (κ2) is 8.04. The van der Waals surface area contributed by atoms with Crippen molar-refractivity contribution >= 4 is 17.8 Å². The Labute approximate surface area is 162 Å². The number of benzene rings is 2. The number of ketones is 1.